The van der Waals surface area contributed by atoms with E-state index >= 15 is 0 Å². The molecule has 1 aromatic rings. The Morgan fingerprint density at radius 2 is 2.26 bits per heavy atom. The molecule has 0 unspecified atom stereocenters. The molecule has 1 fully saturated rings. The minimum absolute atomic E-state index is 0.0151. The third-order valence-corrected chi connectivity index (χ3v) is 6.21. The SMILES string of the molecule is CCCCN(C(=S)Nc1ccc(F)c(Cl)c1)[C@H]1CCS(=O)(=O)C1. The predicted octanol–water partition coefficient (Wildman–Crippen LogP) is 3.47. The number of unbranched alkanes of at least 4 members (excludes halogenated alkanes) is 1. The lowest BCUT2D eigenvalue weighted by molar-refractivity contribution is 0.333. The van der Waals surface area contributed by atoms with Crippen LogP contribution in [-0.4, -0.2) is 42.5 Å². The zero-order valence-electron chi connectivity index (χ0n) is 12.9. The highest BCUT2D eigenvalue weighted by molar-refractivity contribution is 7.91. The van der Waals surface area contributed by atoms with Crippen LogP contribution in [-0.2, 0) is 9.84 Å². The smallest absolute Gasteiger partial charge is 0.173 e. The van der Waals surface area contributed by atoms with Gasteiger partial charge in [-0.1, -0.05) is 24.9 Å². The van der Waals surface area contributed by atoms with Gasteiger partial charge in [-0.15, -0.1) is 0 Å². The molecular formula is C15H20ClFN2O2S2. The van der Waals surface area contributed by atoms with Crippen LogP contribution in [0.15, 0.2) is 18.2 Å². The molecule has 0 aromatic heterocycles. The normalized spacial score (nSPS) is 19.5. The maximum absolute atomic E-state index is 13.2. The van der Waals surface area contributed by atoms with Gasteiger partial charge in [0, 0.05) is 18.3 Å². The van der Waals surface area contributed by atoms with Crippen LogP contribution >= 0.6 is 23.8 Å². The van der Waals surface area contributed by atoms with Gasteiger partial charge in [0.2, 0.25) is 0 Å². The number of nitrogens with one attached hydrogen (secondary N) is 1. The molecule has 1 atom stereocenters. The molecule has 128 valence electrons. The van der Waals surface area contributed by atoms with E-state index in [4.69, 9.17) is 23.8 Å². The van der Waals surface area contributed by atoms with Gasteiger partial charge in [-0.3, -0.25) is 0 Å². The number of thiocarbonyl (C=S) groups is 1. The average Bonchev–Trinajstić information content (AvgIpc) is 2.83. The Balaban J connectivity index is 2.11. The van der Waals surface area contributed by atoms with Crippen LogP contribution in [0.25, 0.3) is 0 Å². The summed E-state index contributed by atoms with van der Waals surface area (Å²) in [7, 11) is -2.98. The lowest BCUT2D eigenvalue weighted by Crippen LogP contribution is -2.44. The molecule has 0 bridgehead atoms. The van der Waals surface area contributed by atoms with Gasteiger partial charge in [0.1, 0.15) is 5.82 Å². The van der Waals surface area contributed by atoms with Gasteiger partial charge in [0.15, 0.2) is 14.9 Å². The van der Waals surface area contributed by atoms with Crippen molar-refractivity contribution in [3.63, 3.8) is 0 Å². The number of hydrogen-bond donors (Lipinski definition) is 1. The summed E-state index contributed by atoms with van der Waals surface area (Å²) in [5, 5.41) is 3.50. The van der Waals surface area contributed by atoms with Crippen LogP contribution in [0.1, 0.15) is 26.2 Å². The second-order valence-corrected chi connectivity index (χ2v) is 8.69. The summed E-state index contributed by atoms with van der Waals surface area (Å²) in [6.45, 7) is 2.76. The highest BCUT2D eigenvalue weighted by Gasteiger charge is 2.33. The number of hydrogen-bond acceptors (Lipinski definition) is 3. The first-order valence-electron chi connectivity index (χ1n) is 7.55. The lowest BCUT2D eigenvalue weighted by Gasteiger charge is -2.31. The summed E-state index contributed by atoms with van der Waals surface area (Å²) >= 11 is 11.2. The van der Waals surface area contributed by atoms with Crippen LogP contribution in [0.5, 0.6) is 0 Å². The minimum atomic E-state index is -2.98. The Hall–Kier alpha value is -0.920. The first-order valence-corrected chi connectivity index (χ1v) is 10.2. The van der Waals surface area contributed by atoms with E-state index in [1.54, 1.807) is 6.07 Å². The second-order valence-electron chi connectivity index (χ2n) is 5.66. The third kappa shape index (κ3) is 5.02. The van der Waals surface area contributed by atoms with E-state index in [-0.39, 0.29) is 22.6 Å². The van der Waals surface area contributed by atoms with Gasteiger partial charge in [-0.2, -0.15) is 0 Å². The molecule has 0 spiro atoms. The summed E-state index contributed by atoms with van der Waals surface area (Å²) in [6, 6.07) is 4.18. The van der Waals surface area contributed by atoms with Crippen LogP contribution in [0.2, 0.25) is 5.02 Å². The Labute approximate surface area is 146 Å². The van der Waals surface area contributed by atoms with Crippen molar-refractivity contribution in [1.29, 1.82) is 0 Å². The van der Waals surface area contributed by atoms with Gasteiger partial charge in [0.05, 0.1) is 16.5 Å². The molecule has 0 saturated carbocycles. The van der Waals surface area contributed by atoms with E-state index in [9.17, 15) is 12.8 Å². The van der Waals surface area contributed by atoms with Crippen molar-refractivity contribution in [1.82, 2.24) is 4.90 Å². The average molecular weight is 379 g/mol. The van der Waals surface area contributed by atoms with E-state index in [0.29, 0.717) is 23.8 Å². The molecule has 1 saturated heterocycles. The first kappa shape index (κ1) is 18.4. The maximum Gasteiger partial charge on any atom is 0.173 e. The van der Waals surface area contributed by atoms with Crippen molar-refractivity contribution in [2.24, 2.45) is 0 Å². The van der Waals surface area contributed by atoms with Gasteiger partial charge in [-0.05, 0) is 43.3 Å². The first-order chi connectivity index (χ1) is 10.8. The Kier molecular flexibility index (Phi) is 6.22. The predicted molar refractivity (Wildman–Crippen MR) is 96.3 cm³/mol. The standard InChI is InChI=1S/C15H20ClFN2O2S2/c1-2-3-7-19(12-6-8-23(20,21)10-12)15(22)18-11-4-5-14(17)13(16)9-11/h4-5,9,12H,2-3,6-8,10H2,1H3,(H,18,22)/t12-/m0/s1. The van der Waals surface area contributed by atoms with Crippen LogP contribution in [0.3, 0.4) is 0 Å². The molecule has 0 amide bonds. The molecular weight excluding hydrogens is 359 g/mol. The van der Waals surface area contributed by atoms with Gasteiger partial charge >= 0.3 is 0 Å². The quantitative estimate of drug-likeness (QED) is 0.795. The summed E-state index contributed by atoms with van der Waals surface area (Å²) in [5.41, 5.74) is 0.587. The zero-order valence-corrected chi connectivity index (χ0v) is 15.3. The molecule has 1 aromatic carbocycles. The maximum atomic E-state index is 13.2. The van der Waals surface area contributed by atoms with Crippen LogP contribution < -0.4 is 5.32 Å². The fourth-order valence-corrected chi connectivity index (χ4v) is 4.84. The lowest BCUT2D eigenvalue weighted by atomic mass is 10.2. The number of sulfone groups is 1. The highest BCUT2D eigenvalue weighted by atomic mass is 35.5. The van der Waals surface area contributed by atoms with E-state index < -0.39 is 15.7 Å². The number of benzene rings is 1. The largest absolute Gasteiger partial charge is 0.345 e. The fourth-order valence-electron chi connectivity index (χ4n) is 2.57. The Morgan fingerprint density at radius 1 is 1.52 bits per heavy atom. The number of anilines is 1. The van der Waals surface area contributed by atoms with E-state index in [2.05, 4.69) is 12.2 Å². The van der Waals surface area contributed by atoms with Crippen molar-refractivity contribution in [2.75, 3.05) is 23.4 Å². The van der Waals surface area contributed by atoms with Crippen molar-refractivity contribution >= 4 is 44.5 Å². The molecule has 1 heterocycles. The van der Waals surface area contributed by atoms with Gasteiger partial charge in [-0.25, -0.2) is 12.8 Å². The fraction of sp³-hybridized carbons (Fsp3) is 0.533. The van der Waals surface area contributed by atoms with E-state index in [0.717, 1.165) is 12.8 Å². The summed E-state index contributed by atoms with van der Waals surface area (Å²) in [6.07, 6.45) is 2.49. The molecule has 8 heteroatoms. The number of rotatable bonds is 5. The van der Waals surface area contributed by atoms with E-state index in [1.807, 2.05) is 4.90 Å². The van der Waals surface area contributed by atoms with E-state index in [1.165, 1.54) is 12.1 Å². The van der Waals surface area contributed by atoms with Crippen molar-refractivity contribution in [2.45, 2.75) is 32.2 Å². The molecule has 1 N–H and O–H groups in total. The van der Waals surface area contributed by atoms with Crippen molar-refractivity contribution < 1.29 is 12.8 Å². The third-order valence-electron chi connectivity index (χ3n) is 3.83. The summed E-state index contributed by atoms with van der Waals surface area (Å²) in [4.78, 5) is 1.93. The molecule has 4 nitrogen and oxygen atoms in total. The summed E-state index contributed by atoms with van der Waals surface area (Å²) < 4.78 is 36.7. The number of halogens is 2. The van der Waals surface area contributed by atoms with Gasteiger partial charge in [0.25, 0.3) is 0 Å². The van der Waals surface area contributed by atoms with Gasteiger partial charge < -0.3 is 10.2 Å². The Morgan fingerprint density at radius 3 is 2.83 bits per heavy atom. The molecule has 1 aliphatic heterocycles. The van der Waals surface area contributed by atoms with Crippen molar-refractivity contribution in [3.8, 4) is 0 Å². The second kappa shape index (κ2) is 7.77. The summed E-state index contributed by atoms with van der Waals surface area (Å²) in [5.74, 6) is -0.165. The molecule has 0 aliphatic carbocycles. The van der Waals surface area contributed by atoms with Crippen LogP contribution in [0, 0.1) is 5.82 Å². The van der Waals surface area contributed by atoms with Crippen LogP contribution in [0.4, 0.5) is 10.1 Å². The number of nitrogens with zero attached hydrogens (tertiary/aromatic N) is 1. The minimum Gasteiger partial charge on any atom is -0.345 e. The monoisotopic (exact) mass is 378 g/mol. The van der Waals surface area contributed by atoms with Crippen molar-refractivity contribution in [3.05, 3.63) is 29.0 Å². The molecule has 1 aliphatic rings. The topological polar surface area (TPSA) is 49.4 Å². The Bertz CT molecular complexity index is 682. The molecule has 2 rings (SSSR count). The molecule has 23 heavy (non-hydrogen) atoms. The highest BCUT2D eigenvalue weighted by Crippen LogP contribution is 2.22. The zero-order chi connectivity index (χ0) is 17.0. The molecule has 0 radical (unpaired) electrons.